The van der Waals surface area contributed by atoms with Gasteiger partial charge in [-0.05, 0) is 103 Å². The molecule has 4 fully saturated rings. The van der Waals surface area contributed by atoms with Crippen molar-refractivity contribution >= 4 is 17.4 Å². The Morgan fingerprint density at radius 1 is 0.971 bits per heavy atom. The quantitative estimate of drug-likeness (QED) is 0.517. The Morgan fingerprint density at radius 3 is 2.32 bits per heavy atom. The van der Waals surface area contributed by atoms with Crippen molar-refractivity contribution in [2.45, 2.75) is 90.4 Å². The van der Waals surface area contributed by atoms with E-state index in [-0.39, 0.29) is 28.8 Å². The molecular formula is C29H41ClO4. The third-order valence-electron chi connectivity index (χ3n) is 11.2. The topological polar surface area (TPSA) is 77.8 Å². The second kappa shape index (κ2) is 8.87. The summed E-state index contributed by atoms with van der Waals surface area (Å²) in [6.07, 6.45) is 5.40. The first kappa shape index (κ1) is 24.7. The zero-order valence-corrected chi connectivity index (χ0v) is 21.5. The monoisotopic (exact) mass is 488 g/mol. The van der Waals surface area contributed by atoms with E-state index in [4.69, 9.17) is 11.6 Å². The number of halogens is 1. The minimum atomic E-state index is -0.934. The average Bonchev–Trinajstić information content (AvgIpc) is 3.17. The molecule has 1 aromatic carbocycles. The Morgan fingerprint density at radius 2 is 1.62 bits per heavy atom. The maximum absolute atomic E-state index is 13.3. The summed E-state index contributed by atoms with van der Waals surface area (Å²) in [7, 11) is 0. The molecule has 34 heavy (non-hydrogen) atoms. The number of rotatable bonds is 4. The molecule has 0 amide bonds. The van der Waals surface area contributed by atoms with Crippen LogP contribution in [0.2, 0.25) is 5.02 Å². The lowest BCUT2D eigenvalue weighted by molar-refractivity contribution is -0.161. The third-order valence-corrected chi connectivity index (χ3v) is 11.5. The van der Waals surface area contributed by atoms with Gasteiger partial charge in [-0.1, -0.05) is 44.5 Å². The van der Waals surface area contributed by atoms with Crippen LogP contribution in [0.25, 0.3) is 0 Å². The fourth-order valence-corrected chi connectivity index (χ4v) is 9.43. The van der Waals surface area contributed by atoms with Crippen LogP contribution < -0.4 is 0 Å². The van der Waals surface area contributed by atoms with Crippen molar-refractivity contribution in [3.63, 3.8) is 0 Å². The lowest BCUT2D eigenvalue weighted by Crippen LogP contribution is -2.57. The van der Waals surface area contributed by atoms with Gasteiger partial charge in [0.2, 0.25) is 0 Å². The Labute approximate surface area is 209 Å². The smallest absolute Gasteiger partial charge is 0.136 e. The first-order chi connectivity index (χ1) is 16.1. The van der Waals surface area contributed by atoms with Crippen molar-refractivity contribution in [3.8, 4) is 0 Å². The molecule has 0 saturated heterocycles. The zero-order chi connectivity index (χ0) is 24.4. The number of ketones is 1. The van der Waals surface area contributed by atoms with E-state index in [1.807, 2.05) is 0 Å². The van der Waals surface area contributed by atoms with E-state index in [1.165, 1.54) is 0 Å². The number of carbonyl (C=O) groups is 1. The van der Waals surface area contributed by atoms with Crippen molar-refractivity contribution in [2.24, 2.45) is 46.3 Å². The number of fused-ring (bicyclic) bond motifs is 5. The minimum Gasteiger partial charge on any atom is -0.393 e. The summed E-state index contributed by atoms with van der Waals surface area (Å²) >= 11 is 6.00. The third kappa shape index (κ3) is 3.79. The molecule has 0 heterocycles. The van der Waals surface area contributed by atoms with Crippen LogP contribution in [0.5, 0.6) is 0 Å². The molecular weight excluding hydrogens is 448 g/mol. The highest BCUT2D eigenvalue weighted by Crippen LogP contribution is 2.68. The Kier molecular flexibility index (Phi) is 6.45. The maximum atomic E-state index is 13.3. The van der Waals surface area contributed by atoms with Crippen LogP contribution in [0.1, 0.15) is 83.8 Å². The summed E-state index contributed by atoms with van der Waals surface area (Å²) in [5, 5.41) is 33.0. The highest BCUT2D eigenvalue weighted by molar-refractivity contribution is 6.30. The van der Waals surface area contributed by atoms with Gasteiger partial charge in [-0.2, -0.15) is 0 Å². The van der Waals surface area contributed by atoms with Gasteiger partial charge in [0, 0.05) is 17.4 Å². The number of Topliss-reactive ketones (excluding diaryl/α,β-unsaturated/α-hetero) is 1. The standard InChI is InChI=1S/C29H41ClO4/c1-16(26(33)27(34)17-4-6-18(30)7-5-17)21-8-9-22-20-15-25(32)24-14-19(31)10-12-29(24,3)23(20)11-13-28(21,22)2/h4-7,16,19-24,26-27,31,33-34H,8-15H2,1-3H3/t16-,19+,20-,21+,22-,23-,24+,26+,27+,28+,29+/m0/s1. The summed E-state index contributed by atoms with van der Waals surface area (Å²) in [6, 6.07) is 7.09. The van der Waals surface area contributed by atoms with Gasteiger partial charge in [-0.25, -0.2) is 0 Å². The minimum absolute atomic E-state index is 0.0224. The molecule has 5 rings (SSSR count). The molecule has 4 nitrogen and oxygen atoms in total. The van der Waals surface area contributed by atoms with E-state index in [0.29, 0.717) is 52.9 Å². The molecule has 3 N–H and O–H groups in total. The molecule has 188 valence electrons. The summed E-state index contributed by atoms with van der Waals surface area (Å²) in [5.41, 5.74) is 0.802. The van der Waals surface area contributed by atoms with E-state index in [0.717, 1.165) is 38.5 Å². The molecule has 0 radical (unpaired) electrons. The lowest BCUT2D eigenvalue weighted by Gasteiger charge is -2.60. The van der Waals surface area contributed by atoms with E-state index < -0.39 is 12.2 Å². The Balaban J connectivity index is 1.36. The van der Waals surface area contributed by atoms with Crippen LogP contribution in [0, 0.1) is 46.3 Å². The summed E-state index contributed by atoms with van der Waals surface area (Å²) in [5.74, 6) is 2.15. The van der Waals surface area contributed by atoms with Crippen molar-refractivity contribution in [1.82, 2.24) is 0 Å². The number of aliphatic hydroxyl groups excluding tert-OH is 3. The van der Waals surface area contributed by atoms with Gasteiger partial charge in [0.1, 0.15) is 11.9 Å². The lowest BCUT2D eigenvalue weighted by atomic mass is 9.44. The largest absolute Gasteiger partial charge is 0.393 e. The zero-order valence-electron chi connectivity index (χ0n) is 20.8. The number of benzene rings is 1. The van der Waals surface area contributed by atoms with Gasteiger partial charge in [-0.3, -0.25) is 4.79 Å². The van der Waals surface area contributed by atoms with E-state index >= 15 is 0 Å². The molecule has 5 heteroatoms. The molecule has 0 unspecified atom stereocenters. The number of aliphatic hydroxyl groups is 3. The Hall–Kier alpha value is -0.940. The average molecular weight is 489 g/mol. The number of hydrogen-bond donors (Lipinski definition) is 3. The molecule has 0 aromatic heterocycles. The molecule has 4 aliphatic rings. The van der Waals surface area contributed by atoms with Gasteiger partial charge in [-0.15, -0.1) is 0 Å². The Bertz CT molecular complexity index is 917. The van der Waals surface area contributed by atoms with Gasteiger partial charge in [0.25, 0.3) is 0 Å². The number of hydrogen-bond acceptors (Lipinski definition) is 4. The molecule has 0 aliphatic heterocycles. The van der Waals surface area contributed by atoms with Crippen LogP contribution in [-0.2, 0) is 4.79 Å². The molecule has 4 saturated carbocycles. The molecule has 11 atom stereocenters. The SMILES string of the molecule is C[C@H]([C@@H](O)[C@H](O)c1ccc(Cl)cc1)[C@H]1CC[C@H]2[C@@H]3CC(=O)[C@H]4C[C@H](O)CC[C@]4(C)[C@H]3CC[C@]12C. The fraction of sp³-hybridized carbons (Fsp3) is 0.759. The van der Waals surface area contributed by atoms with E-state index in [1.54, 1.807) is 24.3 Å². The van der Waals surface area contributed by atoms with Crippen LogP contribution >= 0.6 is 11.6 Å². The van der Waals surface area contributed by atoms with E-state index in [2.05, 4.69) is 20.8 Å². The molecule has 4 aliphatic carbocycles. The normalized spacial score (nSPS) is 44.5. The highest BCUT2D eigenvalue weighted by Gasteiger charge is 2.62. The first-order valence-electron chi connectivity index (χ1n) is 13.4. The number of carbonyl (C=O) groups excluding carboxylic acids is 1. The van der Waals surface area contributed by atoms with Crippen molar-refractivity contribution in [2.75, 3.05) is 0 Å². The fourth-order valence-electron chi connectivity index (χ4n) is 9.31. The second-order valence-corrected chi connectivity index (χ2v) is 13.0. The second-order valence-electron chi connectivity index (χ2n) is 12.6. The van der Waals surface area contributed by atoms with Gasteiger partial charge in [0.05, 0.1) is 12.2 Å². The van der Waals surface area contributed by atoms with E-state index in [9.17, 15) is 20.1 Å². The van der Waals surface area contributed by atoms with Crippen molar-refractivity contribution < 1.29 is 20.1 Å². The van der Waals surface area contributed by atoms with Gasteiger partial charge in [0.15, 0.2) is 0 Å². The van der Waals surface area contributed by atoms with Gasteiger partial charge < -0.3 is 15.3 Å². The van der Waals surface area contributed by atoms with Crippen LogP contribution in [0.15, 0.2) is 24.3 Å². The molecule has 1 aromatic rings. The summed E-state index contributed by atoms with van der Waals surface area (Å²) < 4.78 is 0. The predicted octanol–water partition coefficient (Wildman–Crippen LogP) is 5.57. The van der Waals surface area contributed by atoms with Gasteiger partial charge >= 0.3 is 0 Å². The summed E-state index contributed by atoms with van der Waals surface area (Å²) in [4.78, 5) is 13.3. The predicted molar refractivity (Wildman–Crippen MR) is 133 cm³/mol. The summed E-state index contributed by atoms with van der Waals surface area (Å²) in [6.45, 7) is 6.83. The van der Waals surface area contributed by atoms with Crippen LogP contribution in [0.3, 0.4) is 0 Å². The van der Waals surface area contributed by atoms with Crippen LogP contribution in [-0.4, -0.2) is 33.3 Å². The van der Waals surface area contributed by atoms with Crippen molar-refractivity contribution in [3.05, 3.63) is 34.9 Å². The van der Waals surface area contributed by atoms with Crippen LogP contribution in [0.4, 0.5) is 0 Å². The first-order valence-corrected chi connectivity index (χ1v) is 13.8. The molecule has 0 spiro atoms. The molecule has 0 bridgehead atoms. The van der Waals surface area contributed by atoms with Crippen molar-refractivity contribution in [1.29, 1.82) is 0 Å². The highest BCUT2D eigenvalue weighted by atomic mass is 35.5. The maximum Gasteiger partial charge on any atom is 0.136 e.